The maximum atomic E-state index is 12.8. The molecule has 0 saturated carbocycles. The Morgan fingerprint density at radius 1 is 1.29 bits per heavy atom. The van der Waals surface area contributed by atoms with Crippen LogP contribution in [0.3, 0.4) is 0 Å². The molecule has 120 valence electrons. The second kappa shape index (κ2) is 7.99. The van der Waals surface area contributed by atoms with Gasteiger partial charge in [0.2, 0.25) is 10.0 Å². The lowest BCUT2D eigenvalue weighted by atomic mass is 10.2. The van der Waals surface area contributed by atoms with Gasteiger partial charge in [-0.15, -0.1) is 12.4 Å². The number of nitrogens with one attached hydrogen (secondary N) is 1. The van der Waals surface area contributed by atoms with E-state index in [2.05, 4.69) is 5.32 Å². The predicted molar refractivity (Wildman–Crippen MR) is 89.2 cm³/mol. The summed E-state index contributed by atoms with van der Waals surface area (Å²) in [5.41, 5.74) is 0. The number of hydrogen-bond acceptors (Lipinski definition) is 3. The summed E-state index contributed by atoms with van der Waals surface area (Å²) in [6, 6.07) is 4.43. The zero-order chi connectivity index (χ0) is 14.8. The zero-order valence-electron chi connectivity index (χ0n) is 11.7. The fourth-order valence-electron chi connectivity index (χ4n) is 2.42. The lowest BCUT2D eigenvalue weighted by molar-refractivity contribution is 0.335. The van der Waals surface area contributed by atoms with E-state index in [4.69, 9.17) is 23.2 Å². The summed E-state index contributed by atoms with van der Waals surface area (Å²) in [6.07, 6.45) is 1.59. The summed E-state index contributed by atoms with van der Waals surface area (Å²) in [6.45, 7) is 4.00. The number of hydrogen-bond donors (Lipinski definition) is 1. The summed E-state index contributed by atoms with van der Waals surface area (Å²) in [5, 5.41) is 3.86. The molecule has 8 heteroatoms. The molecule has 1 N–H and O–H groups in total. The van der Waals surface area contributed by atoms with Crippen molar-refractivity contribution in [2.75, 3.05) is 19.6 Å². The standard InChI is InChI=1S/C13H18Cl2N2O2S.ClH/c1-2-5-17(12-3-4-16-9-12)20(18,19)13-7-10(14)6-11(15)8-13;/h6-8,12,16H,2-5,9H2,1H3;1H. The summed E-state index contributed by atoms with van der Waals surface area (Å²) in [4.78, 5) is 0.162. The molecule has 0 aromatic heterocycles. The van der Waals surface area contributed by atoms with Gasteiger partial charge in [-0.2, -0.15) is 4.31 Å². The van der Waals surface area contributed by atoms with E-state index in [9.17, 15) is 8.42 Å². The smallest absolute Gasteiger partial charge is 0.243 e. The number of benzene rings is 1. The molecule has 0 spiro atoms. The summed E-state index contributed by atoms with van der Waals surface area (Å²) < 4.78 is 27.2. The second-order valence-corrected chi connectivity index (χ2v) is 7.63. The van der Waals surface area contributed by atoms with Gasteiger partial charge in [-0.05, 0) is 37.6 Å². The molecule has 1 unspecified atom stereocenters. The van der Waals surface area contributed by atoms with Crippen LogP contribution in [0, 0.1) is 0 Å². The van der Waals surface area contributed by atoms with Crippen LogP contribution in [0.15, 0.2) is 23.1 Å². The highest BCUT2D eigenvalue weighted by atomic mass is 35.5. The first kappa shape index (κ1) is 19.0. The first-order chi connectivity index (χ1) is 9.45. The second-order valence-electron chi connectivity index (χ2n) is 4.87. The first-order valence-electron chi connectivity index (χ1n) is 6.64. The Bertz CT molecular complexity index is 555. The van der Waals surface area contributed by atoms with Crippen molar-refractivity contribution in [3.05, 3.63) is 28.2 Å². The highest BCUT2D eigenvalue weighted by molar-refractivity contribution is 7.89. The Morgan fingerprint density at radius 2 is 1.90 bits per heavy atom. The lowest BCUT2D eigenvalue weighted by Crippen LogP contribution is -2.42. The number of nitrogens with zero attached hydrogens (tertiary/aromatic N) is 1. The Balaban J connectivity index is 0.00000220. The molecule has 1 saturated heterocycles. The van der Waals surface area contributed by atoms with Crippen LogP contribution in [0.2, 0.25) is 10.0 Å². The van der Waals surface area contributed by atoms with Crippen LogP contribution in [0.5, 0.6) is 0 Å². The number of rotatable bonds is 5. The SMILES string of the molecule is CCCN(C1CCNC1)S(=O)(=O)c1cc(Cl)cc(Cl)c1.Cl. The quantitative estimate of drug-likeness (QED) is 0.862. The van der Waals surface area contributed by atoms with E-state index in [1.54, 1.807) is 4.31 Å². The predicted octanol–water partition coefficient (Wildman–Crippen LogP) is 3.18. The van der Waals surface area contributed by atoms with Crippen molar-refractivity contribution >= 4 is 45.6 Å². The molecule has 0 radical (unpaired) electrons. The van der Waals surface area contributed by atoms with Gasteiger partial charge in [-0.25, -0.2) is 8.42 Å². The Hall–Kier alpha value is -0.0400. The van der Waals surface area contributed by atoms with Crippen molar-refractivity contribution in [2.24, 2.45) is 0 Å². The highest BCUT2D eigenvalue weighted by Crippen LogP contribution is 2.27. The van der Waals surface area contributed by atoms with E-state index >= 15 is 0 Å². The van der Waals surface area contributed by atoms with Crippen LogP contribution in [-0.4, -0.2) is 38.4 Å². The van der Waals surface area contributed by atoms with Gasteiger partial charge >= 0.3 is 0 Å². The zero-order valence-corrected chi connectivity index (χ0v) is 14.8. The maximum Gasteiger partial charge on any atom is 0.243 e. The van der Waals surface area contributed by atoms with Gasteiger partial charge in [0.15, 0.2) is 0 Å². The number of halogens is 3. The molecule has 21 heavy (non-hydrogen) atoms. The molecule has 1 atom stereocenters. The van der Waals surface area contributed by atoms with E-state index in [1.165, 1.54) is 18.2 Å². The molecule has 0 bridgehead atoms. The minimum atomic E-state index is -3.57. The molecule has 1 aromatic carbocycles. The Labute approximate surface area is 142 Å². The van der Waals surface area contributed by atoms with Crippen molar-refractivity contribution in [3.8, 4) is 0 Å². The Kier molecular flexibility index (Phi) is 7.24. The van der Waals surface area contributed by atoms with Gasteiger partial charge < -0.3 is 5.32 Å². The molecule has 4 nitrogen and oxygen atoms in total. The van der Waals surface area contributed by atoms with Crippen molar-refractivity contribution < 1.29 is 8.42 Å². The monoisotopic (exact) mass is 372 g/mol. The first-order valence-corrected chi connectivity index (χ1v) is 8.83. The minimum absolute atomic E-state index is 0. The average molecular weight is 374 g/mol. The van der Waals surface area contributed by atoms with Crippen molar-refractivity contribution in [1.29, 1.82) is 0 Å². The van der Waals surface area contributed by atoms with Gasteiger partial charge in [-0.1, -0.05) is 30.1 Å². The molecular weight excluding hydrogens is 355 g/mol. The van der Waals surface area contributed by atoms with Gasteiger partial charge in [0.05, 0.1) is 4.90 Å². The van der Waals surface area contributed by atoms with Gasteiger partial charge in [0, 0.05) is 29.2 Å². The van der Waals surface area contributed by atoms with Crippen LogP contribution < -0.4 is 5.32 Å². The largest absolute Gasteiger partial charge is 0.315 e. The molecule has 1 fully saturated rings. The van der Waals surface area contributed by atoms with Crippen molar-refractivity contribution in [3.63, 3.8) is 0 Å². The Morgan fingerprint density at radius 3 is 2.38 bits per heavy atom. The molecule has 0 aliphatic carbocycles. The third kappa shape index (κ3) is 4.47. The minimum Gasteiger partial charge on any atom is -0.315 e. The maximum absolute atomic E-state index is 12.8. The molecule has 1 aliphatic heterocycles. The fourth-order valence-corrected chi connectivity index (χ4v) is 4.89. The molecule has 0 amide bonds. The van der Waals surface area contributed by atoms with E-state index in [-0.39, 0.29) is 23.3 Å². The molecular formula is C13H19Cl3N2O2S. The number of sulfonamides is 1. The molecule has 1 heterocycles. The van der Waals surface area contributed by atoms with Crippen molar-refractivity contribution in [2.45, 2.75) is 30.7 Å². The van der Waals surface area contributed by atoms with E-state index < -0.39 is 10.0 Å². The van der Waals surface area contributed by atoms with E-state index in [1.807, 2.05) is 6.92 Å². The van der Waals surface area contributed by atoms with Gasteiger partial charge in [0.25, 0.3) is 0 Å². The third-order valence-corrected chi connectivity index (χ3v) is 5.69. The third-order valence-electron chi connectivity index (χ3n) is 3.33. The van der Waals surface area contributed by atoms with Crippen LogP contribution in [-0.2, 0) is 10.0 Å². The van der Waals surface area contributed by atoms with Crippen LogP contribution in [0.25, 0.3) is 0 Å². The van der Waals surface area contributed by atoms with E-state index in [0.717, 1.165) is 19.4 Å². The summed E-state index contributed by atoms with van der Waals surface area (Å²) >= 11 is 11.8. The van der Waals surface area contributed by atoms with E-state index in [0.29, 0.717) is 23.1 Å². The molecule has 1 aliphatic rings. The summed E-state index contributed by atoms with van der Waals surface area (Å²) in [5.74, 6) is 0. The average Bonchev–Trinajstić information content (AvgIpc) is 2.88. The van der Waals surface area contributed by atoms with Crippen LogP contribution >= 0.6 is 35.6 Å². The normalized spacial score (nSPS) is 18.8. The van der Waals surface area contributed by atoms with Gasteiger partial charge in [0.1, 0.15) is 0 Å². The fraction of sp³-hybridized carbons (Fsp3) is 0.538. The van der Waals surface area contributed by atoms with Crippen LogP contribution in [0.1, 0.15) is 19.8 Å². The highest BCUT2D eigenvalue weighted by Gasteiger charge is 2.32. The van der Waals surface area contributed by atoms with Gasteiger partial charge in [-0.3, -0.25) is 0 Å². The molecule has 1 aromatic rings. The lowest BCUT2D eigenvalue weighted by Gasteiger charge is -2.27. The summed E-state index contributed by atoms with van der Waals surface area (Å²) in [7, 11) is -3.57. The topological polar surface area (TPSA) is 49.4 Å². The van der Waals surface area contributed by atoms with Crippen LogP contribution in [0.4, 0.5) is 0 Å². The molecule has 2 rings (SSSR count). The van der Waals surface area contributed by atoms with Crippen molar-refractivity contribution in [1.82, 2.24) is 9.62 Å².